The molecule has 14 heavy (non-hydrogen) atoms. The number of oxime groups is 1. The first-order valence-electron chi connectivity index (χ1n) is 4.41. The van der Waals surface area contributed by atoms with Crippen molar-refractivity contribution < 1.29 is 9.62 Å². The monoisotopic (exact) mass is 189 g/mol. The third-order valence-electron chi connectivity index (χ3n) is 2.32. The molecule has 0 saturated carbocycles. The standard InChI is InChI=1S/C11H11NO2/c1-7-9-5-3-4-6-10(9)14-11(7)8(2)12-13/h3-6,13H,1-2H3/b12-8+. The lowest BCUT2D eigenvalue weighted by Gasteiger charge is -1.92. The Bertz CT molecular complexity index is 497. The highest BCUT2D eigenvalue weighted by Crippen LogP contribution is 2.25. The molecule has 0 aliphatic heterocycles. The van der Waals surface area contributed by atoms with E-state index in [0.29, 0.717) is 11.5 Å². The average Bonchev–Trinajstić information content (AvgIpc) is 2.56. The summed E-state index contributed by atoms with van der Waals surface area (Å²) in [4.78, 5) is 0. The molecule has 0 aliphatic rings. The largest absolute Gasteiger partial charge is 0.454 e. The summed E-state index contributed by atoms with van der Waals surface area (Å²) in [6.45, 7) is 3.67. The molecule has 0 fully saturated rings. The average molecular weight is 189 g/mol. The van der Waals surface area contributed by atoms with Crippen LogP contribution in [-0.2, 0) is 0 Å². The lowest BCUT2D eigenvalue weighted by Crippen LogP contribution is -1.93. The lowest BCUT2D eigenvalue weighted by atomic mass is 10.1. The van der Waals surface area contributed by atoms with Crippen LogP contribution < -0.4 is 0 Å². The zero-order valence-corrected chi connectivity index (χ0v) is 8.11. The van der Waals surface area contributed by atoms with Crippen molar-refractivity contribution >= 4 is 16.7 Å². The van der Waals surface area contributed by atoms with E-state index in [4.69, 9.17) is 9.62 Å². The van der Waals surface area contributed by atoms with E-state index >= 15 is 0 Å². The first-order chi connectivity index (χ1) is 6.74. The van der Waals surface area contributed by atoms with Gasteiger partial charge >= 0.3 is 0 Å². The number of benzene rings is 1. The van der Waals surface area contributed by atoms with Gasteiger partial charge in [-0.05, 0) is 19.9 Å². The summed E-state index contributed by atoms with van der Waals surface area (Å²) < 4.78 is 5.56. The first kappa shape index (κ1) is 8.81. The molecule has 0 aliphatic carbocycles. The predicted octanol–water partition coefficient (Wildman–Crippen LogP) is 2.94. The van der Waals surface area contributed by atoms with Crippen molar-refractivity contribution in [3.8, 4) is 0 Å². The molecular weight excluding hydrogens is 178 g/mol. The summed E-state index contributed by atoms with van der Waals surface area (Å²) in [5.41, 5.74) is 2.33. The highest BCUT2D eigenvalue weighted by Gasteiger charge is 2.11. The van der Waals surface area contributed by atoms with Gasteiger partial charge in [0.15, 0.2) is 5.76 Å². The van der Waals surface area contributed by atoms with Crippen LogP contribution in [0, 0.1) is 6.92 Å². The topological polar surface area (TPSA) is 45.7 Å². The Morgan fingerprint density at radius 1 is 1.36 bits per heavy atom. The van der Waals surface area contributed by atoms with Crippen molar-refractivity contribution in [2.45, 2.75) is 13.8 Å². The number of para-hydroxylation sites is 1. The maximum atomic E-state index is 8.67. The summed E-state index contributed by atoms with van der Waals surface area (Å²) in [5, 5.41) is 12.9. The van der Waals surface area contributed by atoms with Gasteiger partial charge in [-0.3, -0.25) is 0 Å². The summed E-state index contributed by atoms with van der Waals surface area (Å²) >= 11 is 0. The Labute approximate surface area is 81.6 Å². The van der Waals surface area contributed by atoms with E-state index in [1.165, 1.54) is 0 Å². The van der Waals surface area contributed by atoms with Crippen LogP contribution in [0.3, 0.4) is 0 Å². The van der Waals surface area contributed by atoms with Gasteiger partial charge in [-0.15, -0.1) is 0 Å². The van der Waals surface area contributed by atoms with Crippen molar-refractivity contribution in [2.24, 2.45) is 5.16 Å². The number of hydrogen-bond donors (Lipinski definition) is 1. The number of aryl methyl sites for hydroxylation is 1. The number of furan rings is 1. The third kappa shape index (κ3) is 1.18. The van der Waals surface area contributed by atoms with Crippen molar-refractivity contribution in [1.82, 2.24) is 0 Å². The molecule has 0 atom stereocenters. The summed E-state index contributed by atoms with van der Waals surface area (Å²) in [6.07, 6.45) is 0. The smallest absolute Gasteiger partial charge is 0.155 e. The van der Waals surface area contributed by atoms with Crippen LogP contribution in [0.15, 0.2) is 33.8 Å². The quantitative estimate of drug-likeness (QED) is 0.426. The van der Waals surface area contributed by atoms with Crippen LogP contribution in [0.2, 0.25) is 0 Å². The fraction of sp³-hybridized carbons (Fsp3) is 0.182. The fourth-order valence-corrected chi connectivity index (χ4v) is 1.56. The molecule has 3 heteroatoms. The Balaban J connectivity index is 2.75. The van der Waals surface area contributed by atoms with Crippen LogP contribution in [0.1, 0.15) is 18.2 Å². The second kappa shape index (κ2) is 3.18. The molecule has 0 bridgehead atoms. The molecule has 0 spiro atoms. The van der Waals surface area contributed by atoms with Crippen molar-refractivity contribution in [2.75, 3.05) is 0 Å². The van der Waals surface area contributed by atoms with E-state index in [9.17, 15) is 0 Å². The zero-order valence-electron chi connectivity index (χ0n) is 8.11. The second-order valence-electron chi connectivity index (χ2n) is 3.24. The third-order valence-corrected chi connectivity index (χ3v) is 2.32. The van der Waals surface area contributed by atoms with Gasteiger partial charge in [-0.25, -0.2) is 0 Å². The molecule has 1 heterocycles. The van der Waals surface area contributed by atoms with Crippen LogP contribution in [0.5, 0.6) is 0 Å². The Morgan fingerprint density at radius 3 is 2.71 bits per heavy atom. The molecule has 1 aromatic carbocycles. The van der Waals surface area contributed by atoms with Gasteiger partial charge < -0.3 is 9.62 Å². The summed E-state index contributed by atoms with van der Waals surface area (Å²) in [6, 6.07) is 7.76. The fourth-order valence-electron chi connectivity index (χ4n) is 1.56. The minimum absolute atomic E-state index is 0.499. The molecule has 1 aromatic heterocycles. The number of hydrogen-bond acceptors (Lipinski definition) is 3. The van der Waals surface area contributed by atoms with Gasteiger partial charge in [-0.1, -0.05) is 23.4 Å². The van der Waals surface area contributed by atoms with Crippen LogP contribution in [0.25, 0.3) is 11.0 Å². The normalized spacial score (nSPS) is 12.3. The van der Waals surface area contributed by atoms with E-state index in [-0.39, 0.29) is 0 Å². The Morgan fingerprint density at radius 2 is 2.07 bits per heavy atom. The highest BCUT2D eigenvalue weighted by molar-refractivity contribution is 6.01. The predicted molar refractivity (Wildman–Crippen MR) is 54.9 cm³/mol. The van der Waals surface area contributed by atoms with Gasteiger partial charge in [0, 0.05) is 10.9 Å². The SMILES string of the molecule is C/C(=N\O)c1oc2ccccc2c1C. The van der Waals surface area contributed by atoms with Gasteiger partial charge in [0.05, 0.1) is 0 Å². The van der Waals surface area contributed by atoms with Crippen molar-refractivity contribution in [1.29, 1.82) is 0 Å². The van der Waals surface area contributed by atoms with Crippen LogP contribution in [0.4, 0.5) is 0 Å². The van der Waals surface area contributed by atoms with Gasteiger partial charge in [0.2, 0.25) is 0 Å². The van der Waals surface area contributed by atoms with Gasteiger partial charge in [0.25, 0.3) is 0 Å². The van der Waals surface area contributed by atoms with E-state index in [0.717, 1.165) is 16.5 Å². The molecule has 0 radical (unpaired) electrons. The maximum absolute atomic E-state index is 8.67. The van der Waals surface area contributed by atoms with Crippen molar-refractivity contribution in [3.63, 3.8) is 0 Å². The molecule has 2 aromatic rings. The van der Waals surface area contributed by atoms with E-state index < -0.39 is 0 Å². The van der Waals surface area contributed by atoms with Gasteiger partial charge in [-0.2, -0.15) is 0 Å². The van der Waals surface area contributed by atoms with Crippen LogP contribution >= 0.6 is 0 Å². The summed E-state index contributed by atoms with van der Waals surface area (Å²) in [7, 11) is 0. The minimum atomic E-state index is 0.499. The van der Waals surface area contributed by atoms with E-state index in [2.05, 4.69) is 5.16 Å². The molecule has 3 nitrogen and oxygen atoms in total. The zero-order chi connectivity index (χ0) is 10.1. The highest BCUT2D eigenvalue weighted by atomic mass is 16.4. The lowest BCUT2D eigenvalue weighted by molar-refractivity contribution is 0.318. The molecule has 0 amide bonds. The van der Waals surface area contributed by atoms with Crippen LogP contribution in [-0.4, -0.2) is 10.9 Å². The Hall–Kier alpha value is -1.77. The first-order valence-corrected chi connectivity index (χ1v) is 4.41. The molecule has 0 saturated heterocycles. The molecule has 72 valence electrons. The van der Waals surface area contributed by atoms with E-state index in [1.807, 2.05) is 31.2 Å². The van der Waals surface area contributed by atoms with E-state index in [1.54, 1.807) is 6.92 Å². The molecule has 0 unspecified atom stereocenters. The molecule has 1 N–H and O–H groups in total. The minimum Gasteiger partial charge on any atom is -0.454 e. The van der Waals surface area contributed by atoms with Crippen molar-refractivity contribution in [3.05, 3.63) is 35.6 Å². The maximum Gasteiger partial charge on any atom is 0.155 e. The number of rotatable bonds is 1. The second-order valence-corrected chi connectivity index (χ2v) is 3.24. The Kier molecular flexibility index (Phi) is 2.00. The van der Waals surface area contributed by atoms with Gasteiger partial charge in [0.1, 0.15) is 11.3 Å². The number of fused-ring (bicyclic) bond motifs is 1. The molecular formula is C11H11NO2. The summed E-state index contributed by atoms with van der Waals surface area (Å²) in [5.74, 6) is 0.647. The number of nitrogens with zero attached hydrogens (tertiary/aromatic N) is 1. The molecule has 2 rings (SSSR count).